The summed E-state index contributed by atoms with van der Waals surface area (Å²) in [7, 11) is 0. The maximum atomic E-state index is 13.3. The monoisotopic (exact) mass is 211 g/mol. The van der Waals surface area contributed by atoms with Crippen molar-refractivity contribution in [3.63, 3.8) is 0 Å². The van der Waals surface area contributed by atoms with Gasteiger partial charge in [-0.2, -0.15) is 0 Å². The lowest BCUT2D eigenvalue weighted by atomic mass is 10.0. The standard InChI is InChI=1S/C12H15F2N/c1-8(2)3-6-12(15)10-5-4-9(13)7-11(10)14/h4-5,7,12H,1,3,6,15H2,2H3. The molecule has 0 fully saturated rings. The molecule has 0 radical (unpaired) electrons. The number of allylic oxidation sites excluding steroid dienone is 1. The van der Waals surface area contributed by atoms with Crippen LogP contribution in [0.1, 0.15) is 31.4 Å². The molecular formula is C12H15F2N. The molecule has 0 saturated carbocycles. The number of halogens is 2. The summed E-state index contributed by atoms with van der Waals surface area (Å²) >= 11 is 0. The van der Waals surface area contributed by atoms with Crippen molar-refractivity contribution < 1.29 is 8.78 Å². The Morgan fingerprint density at radius 2 is 2.13 bits per heavy atom. The van der Waals surface area contributed by atoms with Crippen molar-refractivity contribution >= 4 is 0 Å². The summed E-state index contributed by atoms with van der Waals surface area (Å²) < 4.78 is 25.9. The van der Waals surface area contributed by atoms with Crippen LogP contribution in [0.2, 0.25) is 0 Å². The Kier molecular flexibility index (Phi) is 3.97. The van der Waals surface area contributed by atoms with Crippen LogP contribution >= 0.6 is 0 Å². The molecule has 0 aromatic heterocycles. The van der Waals surface area contributed by atoms with Crippen LogP contribution in [0.3, 0.4) is 0 Å². The molecule has 1 nitrogen and oxygen atoms in total. The largest absolute Gasteiger partial charge is 0.324 e. The van der Waals surface area contributed by atoms with Crippen molar-refractivity contribution in [2.75, 3.05) is 0 Å². The lowest BCUT2D eigenvalue weighted by Crippen LogP contribution is -2.12. The maximum absolute atomic E-state index is 13.3. The lowest BCUT2D eigenvalue weighted by molar-refractivity contribution is 0.543. The van der Waals surface area contributed by atoms with Gasteiger partial charge in [-0.25, -0.2) is 8.78 Å². The quantitative estimate of drug-likeness (QED) is 0.759. The van der Waals surface area contributed by atoms with Crippen molar-refractivity contribution in [3.8, 4) is 0 Å². The third kappa shape index (κ3) is 3.44. The van der Waals surface area contributed by atoms with Crippen LogP contribution in [0.5, 0.6) is 0 Å². The summed E-state index contributed by atoms with van der Waals surface area (Å²) in [6.07, 6.45) is 1.37. The SMILES string of the molecule is C=C(C)CCC(N)c1ccc(F)cc1F. The molecule has 1 atom stereocenters. The number of hydrogen-bond donors (Lipinski definition) is 1. The van der Waals surface area contributed by atoms with E-state index in [4.69, 9.17) is 5.73 Å². The van der Waals surface area contributed by atoms with Gasteiger partial charge in [0.2, 0.25) is 0 Å². The molecule has 1 unspecified atom stereocenters. The molecule has 0 amide bonds. The molecule has 0 saturated heterocycles. The van der Waals surface area contributed by atoms with Crippen LogP contribution in [0.15, 0.2) is 30.4 Å². The zero-order valence-electron chi connectivity index (χ0n) is 8.76. The molecule has 0 spiro atoms. The summed E-state index contributed by atoms with van der Waals surface area (Å²) in [5, 5.41) is 0. The minimum Gasteiger partial charge on any atom is -0.324 e. The zero-order valence-corrected chi connectivity index (χ0v) is 8.76. The minimum atomic E-state index is -0.580. The molecule has 82 valence electrons. The molecule has 0 aliphatic heterocycles. The first-order chi connectivity index (χ1) is 7.00. The first-order valence-electron chi connectivity index (χ1n) is 4.85. The molecule has 0 aliphatic carbocycles. The van der Waals surface area contributed by atoms with Gasteiger partial charge in [-0.1, -0.05) is 11.6 Å². The number of hydrogen-bond acceptors (Lipinski definition) is 1. The van der Waals surface area contributed by atoms with Gasteiger partial charge >= 0.3 is 0 Å². The smallest absolute Gasteiger partial charge is 0.130 e. The van der Waals surface area contributed by atoms with Crippen LogP contribution < -0.4 is 5.73 Å². The Bertz CT molecular complexity index is 361. The number of nitrogens with two attached hydrogens (primary N) is 1. The molecule has 2 N–H and O–H groups in total. The third-order valence-electron chi connectivity index (χ3n) is 2.24. The van der Waals surface area contributed by atoms with Crippen LogP contribution in [-0.4, -0.2) is 0 Å². The Morgan fingerprint density at radius 1 is 1.47 bits per heavy atom. The molecule has 3 heteroatoms. The van der Waals surface area contributed by atoms with Crippen LogP contribution in [0.25, 0.3) is 0 Å². The van der Waals surface area contributed by atoms with E-state index in [9.17, 15) is 8.78 Å². The molecule has 1 aromatic carbocycles. The first-order valence-corrected chi connectivity index (χ1v) is 4.85. The van der Waals surface area contributed by atoms with E-state index in [0.29, 0.717) is 12.0 Å². The Hall–Kier alpha value is -1.22. The van der Waals surface area contributed by atoms with E-state index >= 15 is 0 Å². The van der Waals surface area contributed by atoms with Crippen molar-refractivity contribution in [1.29, 1.82) is 0 Å². The van der Waals surface area contributed by atoms with Gasteiger partial charge in [0, 0.05) is 17.7 Å². The zero-order chi connectivity index (χ0) is 11.4. The highest BCUT2D eigenvalue weighted by molar-refractivity contribution is 5.21. The Balaban J connectivity index is 2.73. The second-order valence-electron chi connectivity index (χ2n) is 3.77. The number of benzene rings is 1. The van der Waals surface area contributed by atoms with E-state index < -0.39 is 17.7 Å². The van der Waals surface area contributed by atoms with Gasteiger partial charge in [-0.3, -0.25) is 0 Å². The summed E-state index contributed by atoms with van der Waals surface area (Å²) in [5.74, 6) is -1.16. The van der Waals surface area contributed by atoms with Gasteiger partial charge in [-0.05, 0) is 25.8 Å². The minimum absolute atomic E-state index is 0.359. The topological polar surface area (TPSA) is 26.0 Å². The second-order valence-corrected chi connectivity index (χ2v) is 3.77. The van der Waals surface area contributed by atoms with Crippen molar-refractivity contribution in [2.24, 2.45) is 5.73 Å². The molecule has 0 bridgehead atoms. The number of rotatable bonds is 4. The van der Waals surface area contributed by atoms with Crippen LogP contribution in [0.4, 0.5) is 8.78 Å². The van der Waals surface area contributed by atoms with E-state index in [1.807, 2.05) is 6.92 Å². The third-order valence-corrected chi connectivity index (χ3v) is 2.24. The van der Waals surface area contributed by atoms with Gasteiger partial charge in [0.25, 0.3) is 0 Å². The lowest BCUT2D eigenvalue weighted by Gasteiger charge is -2.12. The highest BCUT2D eigenvalue weighted by atomic mass is 19.1. The van der Waals surface area contributed by atoms with E-state index in [1.165, 1.54) is 12.1 Å². The van der Waals surface area contributed by atoms with E-state index in [-0.39, 0.29) is 0 Å². The van der Waals surface area contributed by atoms with E-state index in [0.717, 1.165) is 18.1 Å². The summed E-state index contributed by atoms with van der Waals surface area (Å²) in [4.78, 5) is 0. The predicted molar refractivity (Wildman–Crippen MR) is 57.3 cm³/mol. The Labute approximate surface area is 88.6 Å². The Morgan fingerprint density at radius 3 is 2.67 bits per heavy atom. The molecule has 0 heterocycles. The van der Waals surface area contributed by atoms with Crippen LogP contribution in [0, 0.1) is 11.6 Å². The van der Waals surface area contributed by atoms with Gasteiger partial charge in [-0.15, -0.1) is 6.58 Å². The van der Waals surface area contributed by atoms with Gasteiger partial charge in [0.15, 0.2) is 0 Å². The van der Waals surface area contributed by atoms with Gasteiger partial charge < -0.3 is 5.73 Å². The first kappa shape index (κ1) is 11.9. The summed E-state index contributed by atoms with van der Waals surface area (Å²) in [6.45, 7) is 5.64. The molecule has 1 rings (SSSR count). The normalized spacial score (nSPS) is 12.5. The fraction of sp³-hybridized carbons (Fsp3) is 0.333. The molecule has 0 aliphatic rings. The highest BCUT2D eigenvalue weighted by Crippen LogP contribution is 2.21. The summed E-state index contributed by atoms with van der Waals surface area (Å²) in [5.41, 5.74) is 7.16. The molecule has 1 aromatic rings. The molecule has 15 heavy (non-hydrogen) atoms. The van der Waals surface area contributed by atoms with E-state index in [1.54, 1.807) is 0 Å². The predicted octanol–water partition coefficient (Wildman–Crippen LogP) is 3.32. The van der Waals surface area contributed by atoms with Gasteiger partial charge in [0.1, 0.15) is 11.6 Å². The van der Waals surface area contributed by atoms with Crippen molar-refractivity contribution in [2.45, 2.75) is 25.8 Å². The average molecular weight is 211 g/mol. The highest BCUT2D eigenvalue weighted by Gasteiger charge is 2.11. The maximum Gasteiger partial charge on any atom is 0.130 e. The summed E-state index contributed by atoms with van der Waals surface area (Å²) in [6, 6.07) is 3.07. The van der Waals surface area contributed by atoms with Crippen LogP contribution in [-0.2, 0) is 0 Å². The van der Waals surface area contributed by atoms with Crippen molar-refractivity contribution in [1.82, 2.24) is 0 Å². The van der Waals surface area contributed by atoms with Crippen molar-refractivity contribution in [3.05, 3.63) is 47.5 Å². The van der Waals surface area contributed by atoms with E-state index in [2.05, 4.69) is 6.58 Å². The fourth-order valence-corrected chi connectivity index (χ4v) is 1.36. The molecular weight excluding hydrogens is 196 g/mol. The average Bonchev–Trinajstić information content (AvgIpc) is 2.14. The van der Waals surface area contributed by atoms with Gasteiger partial charge in [0.05, 0.1) is 0 Å². The fourth-order valence-electron chi connectivity index (χ4n) is 1.36. The second kappa shape index (κ2) is 5.03.